The molecule has 0 atom stereocenters. The third-order valence-electron chi connectivity index (χ3n) is 4.49. The Bertz CT molecular complexity index is 471. The summed E-state index contributed by atoms with van der Waals surface area (Å²) in [5, 5.41) is 3.26. The maximum absolute atomic E-state index is 12.2. The maximum Gasteiger partial charge on any atom is 0.234 e. The number of likely N-dealkylation sites (N-methyl/N-ethyl adjacent to an activating group) is 1. The predicted octanol–water partition coefficient (Wildman–Crippen LogP) is 2.30. The summed E-state index contributed by atoms with van der Waals surface area (Å²) in [6, 6.07) is 10.2. The number of para-hydroxylation sites is 1. The molecule has 0 aliphatic heterocycles. The van der Waals surface area contributed by atoms with Gasteiger partial charge in [-0.15, -0.1) is 0 Å². The minimum absolute atomic E-state index is 0.158. The van der Waals surface area contributed by atoms with Crippen molar-refractivity contribution in [3.05, 3.63) is 30.3 Å². The summed E-state index contributed by atoms with van der Waals surface area (Å²) in [7, 11) is 1.97. The molecule has 0 radical (unpaired) electrons. The SMILES string of the molecule is CN(CCOc1ccccc1)CC(=O)NC(C1CC1)C1CC1. The molecule has 0 spiro atoms. The van der Waals surface area contributed by atoms with Crippen molar-refractivity contribution in [3.8, 4) is 5.75 Å². The quantitative estimate of drug-likeness (QED) is 0.761. The van der Waals surface area contributed by atoms with E-state index < -0.39 is 0 Å². The standard InChI is InChI=1S/C18H26N2O2/c1-20(11-12-22-16-5-3-2-4-6-16)13-17(21)19-18(14-7-8-14)15-9-10-15/h2-6,14-15,18H,7-13H2,1H3,(H,19,21). The molecule has 0 aromatic heterocycles. The van der Waals surface area contributed by atoms with E-state index in [1.807, 2.05) is 42.3 Å². The zero-order chi connectivity index (χ0) is 15.4. The molecule has 1 aromatic rings. The van der Waals surface area contributed by atoms with Crippen LogP contribution in [0.1, 0.15) is 25.7 Å². The molecule has 0 heterocycles. The molecular weight excluding hydrogens is 276 g/mol. The van der Waals surface area contributed by atoms with Gasteiger partial charge in [-0.05, 0) is 56.7 Å². The van der Waals surface area contributed by atoms with Crippen LogP contribution in [-0.4, -0.2) is 43.6 Å². The first-order chi connectivity index (χ1) is 10.7. The molecule has 1 N–H and O–H groups in total. The lowest BCUT2D eigenvalue weighted by molar-refractivity contribution is -0.123. The maximum atomic E-state index is 12.2. The molecule has 4 heteroatoms. The van der Waals surface area contributed by atoms with Crippen LogP contribution in [0.3, 0.4) is 0 Å². The average Bonchev–Trinajstić information content (AvgIpc) is 3.39. The van der Waals surface area contributed by atoms with E-state index in [0.717, 1.165) is 24.1 Å². The van der Waals surface area contributed by atoms with Gasteiger partial charge in [-0.25, -0.2) is 0 Å². The highest BCUT2D eigenvalue weighted by molar-refractivity contribution is 5.78. The van der Waals surface area contributed by atoms with Gasteiger partial charge in [0.05, 0.1) is 6.54 Å². The monoisotopic (exact) mass is 302 g/mol. The van der Waals surface area contributed by atoms with Gasteiger partial charge in [0.2, 0.25) is 5.91 Å². The van der Waals surface area contributed by atoms with Crippen molar-refractivity contribution >= 4 is 5.91 Å². The van der Waals surface area contributed by atoms with E-state index in [4.69, 9.17) is 4.74 Å². The van der Waals surface area contributed by atoms with Crippen LogP contribution in [0.4, 0.5) is 0 Å². The van der Waals surface area contributed by atoms with Gasteiger partial charge in [-0.3, -0.25) is 9.69 Å². The van der Waals surface area contributed by atoms with Crippen molar-refractivity contribution in [2.24, 2.45) is 11.8 Å². The molecule has 4 nitrogen and oxygen atoms in total. The second kappa shape index (κ2) is 7.14. The molecule has 2 saturated carbocycles. The van der Waals surface area contributed by atoms with Gasteiger partial charge < -0.3 is 10.1 Å². The van der Waals surface area contributed by atoms with Crippen molar-refractivity contribution in [3.63, 3.8) is 0 Å². The van der Waals surface area contributed by atoms with Gasteiger partial charge >= 0.3 is 0 Å². The Hall–Kier alpha value is -1.55. The number of hydrogen-bond donors (Lipinski definition) is 1. The number of carbonyl (C=O) groups excluding carboxylic acids is 1. The number of rotatable bonds is 9. The van der Waals surface area contributed by atoms with Crippen LogP contribution in [0.15, 0.2) is 30.3 Å². The van der Waals surface area contributed by atoms with E-state index in [1.165, 1.54) is 25.7 Å². The fourth-order valence-electron chi connectivity index (χ4n) is 2.92. The fraction of sp³-hybridized carbons (Fsp3) is 0.611. The molecule has 2 aliphatic rings. The summed E-state index contributed by atoms with van der Waals surface area (Å²) in [5.74, 6) is 2.54. The van der Waals surface area contributed by atoms with Crippen molar-refractivity contribution in [1.29, 1.82) is 0 Å². The minimum atomic E-state index is 0.158. The molecule has 22 heavy (non-hydrogen) atoms. The second-order valence-electron chi connectivity index (χ2n) is 6.67. The van der Waals surface area contributed by atoms with Crippen LogP contribution in [0, 0.1) is 11.8 Å². The van der Waals surface area contributed by atoms with E-state index in [1.54, 1.807) is 0 Å². The molecular formula is C18H26N2O2. The summed E-state index contributed by atoms with van der Waals surface area (Å²) in [6.45, 7) is 1.80. The highest BCUT2D eigenvalue weighted by Gasteiger charge is 2.42. The Balaban J connectivity index is 1.34. The second-order valence-corrected chi connectivity index (χ2v) is 6.67. The Labute approximate surface area is 132 Å². The predicted molar refractivity (Wildman–Crippen MR) is 86.8 cm³/mol. The highest BCUT2D eigenvalue weighted by Crippen LogP contribution is 2.44. The van der Waals surface area contributed by atoms with E-state index in [2.05, 4.69) is 5.32 Å². The molecule has 0 saturated heterocycles. The number of carbonyl (C=O) groups is 1. The third-order valence-corrected chi connectivity index (χ3v) is 4.49. The fourth-order valence-corrected chi connectivity index (χ4v) is 2.92. The summed E-state index contributed by atoms with van der Waals surface area (Å²) >= 11 is 0. The number of ether oxygens (including phenoxy) is 1. The van der Waals surface area contributed by atoms with Crippen molar-refractivity contribution in [1.82, 2.24) is 10.2 Å². The lowest BCUT2D eigenvalue weighted by atomic mass is 10.1. The van der Waals surface area contributed by atoms with Crippen LogP contribution in [0.5, 0.6) is 5.75 Å². The van der Waals surface area contributed by atoms with Crippen molar-refractivity contribution < 1.29 is 9.53 Å². The van der Waals surface area contributed by atoms with E-state index in [-0.39, 0.29) is 5.91 Å². The summed E-state index contributed by atoms with van der Waals surface area (Å²) in [5.41, 5.74) is 0. The van der Waals surface area contributed by atoms with Crippen molar-refractivity contribution in [2.75, 3.05) is 26.7 Å². The lowest BCUT2D eigenvalue weighted by Crippen LogP contribution is -2.43. The average molecular weight is 302 g/mol. The van der Waals surface area contributed by atoms with Crippen LogP contribution in [0.2, 0.25) is 0 Å². The molecule has 1 aromatic carbocycles. The number of hydrogen-bond acceptors (Lipinski definition) is 3. The number of nitrogens with one attached hydrogen (secondary N) is 1. The first-order valence-corrected chi connectivity index (χ1v) is 8.38. The van der Waals surface area contributed by atoms with Gasteiger partial charge in [0.1, 0.15) is 12.4 Å². The van der Waals surface area contributed by atoms with Gasteiger partial charge in [0, 0.05) is 12.6 Å². The highest BCUT2D eigenvalue weighted by atomic mass is 16.5. The minimum Gasteiger partial charge on any atom is -0.492 e. The summed E-state index contributed by atoms with van der Waals surface area (Å²) < 4.78 is 5.66. The first-order valence-electron chi connectivity index (χ1n) is 8.38. The zero-order valence-corrected chi connectivity index (χ0v) is 13.3. The zero-order valence-electron chi connectivity index (χ0n) is 13.3. The van der Waals surface area contributed by atoms with E-state index in [9.17, 15) is 4.79 Å². The molecule has 0 unspecified atom stereocenters. The summed E-state index contributed by atoms with van der Waals surface area (Å²) in [6.07, 6.45) is 5.18. The summed E-state index contributed by atoms with van der Waals surface area (Å²) in [4.78, 5) is 14.2. The van der Waals surface area contributed by atoms with Crippen LogP contribution in [-0.2, 0) is 4.79 Å². The molecule has 0 bridgehead atoms. The first kappa shape index (κ1) is 15.3. The number of nitrogens with zero attached hydrogens (tertiary/aromatic N) is 1. The lowest BCUT2D eigenvalue weighted by Gasteiger charge is -2.21. The molecule has 2 fully saturated rings. The van der Waals surface area contributed by atoms with E-state index in [0.29, 0.717) is 19.2 Å². The van der Waals surface area contributed by atoms with Crippen LogP contribution < -0.4 is 10.1 Å². The molecule has 120 valence electrons. The Morgan fingerprint density at radius 3 is 2.45 bits per heavy atom. The Morgan fingerprint density at radius 2 is 1.86 bits per heavy atom. The smallest absolute Gasteiger partial charge is 0.234 e. The Morgan fingerprint density at radius 1 is 1.23 bits per heavy atom. The van der Waals surface area contributed by atoms with Crippen LogP contribution >= 0.6 is 0 Å². The third kappa shape index (κ3) is 4.73. The topological polar surface area (TPSA) is 41.6 Å². The molecule has 1 amide bonds. The van der Waals surface area contributed by atoms with Gasteiger partial charge in [0.25, 0.3) is 0 Å². The normalized spacial score (nSPS) is 17.8. The van der Waals surface area contributed by atoms with Crippen molar-refractivity contribution in [2.45, 2.75) is 31.7 Å². The van der Waals surface area contributed by atoms with Gasteiger partial charge in [-0.1, -0.05) is 18.2 Å². The van der Waals surface area contributed by atoms with Gasteiger partial charge in [0.15, 0.2) is 0 Å². The molecule has 3 rings (SSSR count). The number of amides is 1. The molecule has 2 aliphatic carbocycles. The van der Waals surface area contributed by atoms with Gasteiger partial charge in [-0.2, -0.15) is 0 Å². The largest absolute Gasteiger partial charge is 0.492 e. The number of benzene rings is 1. The van der Waals surface area contributed by atoms with E-state index >= 15 is 0 Å². The van der Waals surface area contributed by atoms with Crippen LogP contribution in [0.25, 0.3) is 0 Å². The Kier molecular flexibility index (Phi) is 4.98.